The lowest BCUT2D eigenvalue weighted by molar-refractivity contribution is -0.139. The highest BCUT2D eigenvalue weighted by Crippen LogP contribution is 2.06. The number of hydrogen-bond donors (Lipinski definition) is 2. The van der Waals surface area contributed by atoms with Crippen LogP contribution in [0.2, 0.25) is 0 Å². The largest absolute Gasteiger partial charge is 0.480 e. The molecule has 7 nitrogen and oxygen atoms in total. The number of imide groups is 1. The highest BCUT2D eigenvalue weighted by atomic mass is 16.4. The number of aldehydes is 1. The Kier molecular flexibility index (Phi) is 7.65. The second-order valence-electron chi connectivity index (χ2n) is 5.89. The van der Waals surface area contributed by atoms with E-state index in [-0.39, 0.29) is 6.42 Å². The molecule has 0 fully saturated rings. The molecule has 0 aliphatic rings. The van der Waals surface area contributed by atoms with E-state index in [1.165, 1.54) is 6.08 Å². The van der Waals surface area contributed by atoms with Crippen molar-refractivity contribution >= 4 is 30.3 Å². The van der Waals surface area contributed by atoms with Crippen LogP contribution in [0.5, 0.6) is 0 Å². The molecule has 28 heavy (non-hydrogen) atoms. The number of nitrogens with one attached hydrogen (secondary N) is 1. The van der Waals surface area contributed by atoms with Crippen LogP contribution in [0.4, 0.5) is 4.79 Å². The number of aliphatic carboxylic acids is 1. The Balaban J connectivity index is 2.09. The molecule has 1 unspecified atom stereocenters. The molecule has 0 aliphatic heterocycles. The molecule has 144 valence electrons. The van der Waals surface area contributed by atoms with Crippen LogP contribution in [-0.4, -0.2) is 46.8 Å². The quantitative estimate of drug-likeness (QED) is 0.539. The van der Waals surface area contributed by atoms with Crippen LogP contribution >= 0.6 is 0 Å². The van der Waals surface area contributed by atoms with Gasteiger partial charge in [-0.25, -0.2) is 9.59 Å². The molecule has 0 saturated carbocycles. The zero-order chi connectivity index (χ0) is 20.4. The summed E-state index contributed by atoms with van der Waals surface area (Å²) in [6, 6.07) is 15.5. The number of carbonyl (C=O) groups excluding carboxylic acids is 3. The second kappa shape index (κ2) is 10.4. The van der Waals surface area contributed by atoms with Crippen LogP contribution in [0.25, 0.3) is 6.08 Å². The van der Waals surface area contributed by atoms with E-state index in [0.29, 0.717) is 16.7 Å². The molecule has 2 N–H and O–H groups in total. The molecule has 7 heteroatoms. The van der Waals surface area contributed by atoms with Crippen molar-refractivity contribution in [1.82, 2.24) is 10.2 Å². The predicted octanol–water partition coefficient (Wildman–Crippen LogP) is 2.13. The lowest BCUT2D eigenvalue weighted by Crippen LogP contribution is -2.51. The van der Waals surface area contributed by atoms with E-state index < -0.39 is 30.5 Å². The van der Waals surface area contributed by atoms with Crippen LogP contribution in [0.1, 0.15) is 11.1 Å². The van der Waals surface area contributed by atoms with Gasteiger partial charge in [0.05, 0.1) is 6.54 Å². The second-order valence-corrected chi connectivity index (χ2v) is 5.89. The monoisotopic (exact) mass is 380 g/mol. The van der Waals surface area contributed by atoms with Gasteiger partial charge >= 0.3 is 12.0 Å². The van der Waals surface area contributed by atoms with Crippen molar-refractivity contribution in [3.8, 4) is 0 Å². The van der Waals surface area contributed by atoms with Gasteiger partial charge in [-0.05, 0) is 17.2 Å². The number of nitrogens with zero attached hydrogens (tertiary/aromatic N) is 1. The topological polar surface area (TPSA) is 104 Å². The molecule has 0 radical (unpaired) electrons. The number of carboxylic acids is 1. The Labute approximate surface area is 162 Å². The SMILES string of the molecule is O=CCN(C(=O)C=Cc1ccccc1)C(=O)NC(Cc1ccccc1)C(=O)O. The molecule has 0 aromatic heterocycles. The Morgan fingerprint density at radius 2 is 1.61 bits per heavy atom. The molecule has 1 atom stereocenters. The fourth-order valence-electron chi connectivity index (χ4n) is 2.45. The number of carbonyl (C=O) groups is 4. The number of hydrogen-bond acceptors (Lipinski definition) is 4. The van der Waals surface area contributed by atoms with E-state index in [0.717, 1.165) is 11.6 Å². The lowest BCUT2D eigenvalue weighted by atomic mass is 10.1. The molecule has 0 spiro atoms. The molecule has 3 amide bonds. The molecule has 0 aliphatic carbocycles. The van der Waals surface area contributed by atoms with Gasteiger partial charge in [-0.15, -0.1) is 0 Å². The maximum absolute atomic E-state index is 12.4. The average Bonchev–Trinajstić information content (AvgIpc) is 2.71. The van der Waals surface area contributed by atoms with Crippen molar-refractivity contribution < 1.29 is 24.3 Å². The summed E-state index contributed by atoms with van der Waals surface area (Å²) in [4.78, 5) is 47.8. The van der Waals surface area contributed by atoms with Crippen LogP contribution in [0.3, 0.4) is 0 Å². The fraction of sp³-hybridized carbons (Fsp3) is 0.143. The van der Waals surface area contributed by atoms with Crippen LogP contribution in [-0.2, 0) is 20.8 Å². The predicted molar refractivity (Wildman–Crippen MR) is 103 cm³/mol. The van der Waals surface area contributed by atoms with Gasteiger partial charge in [0.1, 0.15) is 12.3 Å². The van der Waals surface area contributed by atoms with Gasteiger partial charge in [0.25, 0.3) is 5.91 Å². The summed E-state index contributed by atoms with van der Waals surface area (Å²) in [5, 5.41) is 11.7. The lowest BCUT2D eigenvalue weighted by Gasteiger charge is -2.21. The Morgan fingerprint density at radius 3 is 2.18 bits per heavy atom. The Bertz CT molecular complexity index is 850. The van der Waals surface area contributed by atoms with Crippen molar-refractivity contribution in [2.45, 2.75) is 12.5 Å². The highest BCUT2D eigenvalue weighted by molar-refractivity contribution is 6.04. The normalized spacial score (nSPS) is 11.6. The minimum absolute atomic E-state index is 0.0465. The summed E-state index contributed by atoms with van der Waals surface area (Å²) in [5.74, 6) is -1.96. The zero-order valence-electron chi connectivity index (χ0n) is 15.0. The van der Waals surface area contributed by atoms with Gasteiger partial charge in [-0.3, -0.25) is 9.69 Å². The number of rotatable bonds is 8. The van der Waals surface area contributed by atoms with Gasteiger partial charge in [0.15, 0.2) is 0 Å². The fourth-order valence-corrected chi connectivity index (χ4v) is 2.45. The maximum Gasteiger partial charge on any atom is 0.326 e. The molecule has 0 bridgehead atoms. The van der Waals surface area contributed by atoms with E-state index in [9.17, 15) is 24.3 Å². The summed E-state index contributed by atoms with van der Waals surface area (Å²) in [6.07, 6.45) is 3.11. The van der Waals surface area contributed by atoms with Gasteiger partial charge in [-0.1, -0.05) is 60.7 Å². The molecular formula is C21H20N2O5. The maximum atomic E-state index is 12.4. The van der Waals surface area contributed by atoms with Crippen LogP contribution < -0.4 is 5.32 Å². The van der Waals surface area contributed by atoms with Crippen molar-refractivity contribution in [2.24, 2.45) is 0 Å². The third-order valence-corrected chi connectivity index (χ3v) is 3.86. The summed E-state index contributed by atoms with van der Waals surface area (Å²) in [7, 11) is 0. The van der Waals surface area contributed by atoms with E-state index in [1.807, 2.05) is 6.07 Å². The highest BCUT2D eigenvalue weighted by Gasteiger charge is 2.26. The number of carboxylic acid groups (broad SMARTS) is 1. The van der Waals surface area contributed by atoms with E-state index in [2.05, 4.69) is 5.32 Å². The molecule has 2 aromatic rings. The number of amides is 3. The first-order valence-electron chi connectivity index (χ1n) is 8.56. The zero-order valence-corrected chi connectivity index (χ0v) is 15.0. The van der Waals surface area contributed by atoms with E-state index in [1.54, 1.807) is 54.6 Å². The molecule has 0 saturated heterocycles. The molecular weight excluding hydrogens is 360 g/mol. The number of urea groups is 1. The van der Waals surface area contributed by atoms with Crippen molar-refractivity contribution in [1.29, 1.82) is 0 Å². The summed E-state index contributed by atoms with van der Waals surface area (Å²) >= 11 is 0. The van der Waals surface area contributed by atoms with E-state index >= 15 is 0 Å². The first-order chi connectivity index (χ1) is 13.5. The van der Waals surface area contributed by atoms with Gasteiger partial charge in [0, 0.05) is 12.5 Å². The standard InChI is InChI=1S/C21H20N2O5/c24-14-13-23(19(25)12-11-16-7-3-1-4-8-16)21(28)22-18(20(26)27)15-17-9-5-2-6-10-17/h1-12,14,18H,13,15H2,(H,22,28)(H,26,27). The van der Waals surface area contributed by atoms with Gasteiger partial charge < -0.3 is 15.2 Å². The summed E-state index contributed by atoms with van der Waals surface area (Å²) < 4.78 is 0. The van der Waals surface area contributed by atoms with Gasteiger partial charge in [-0.2, -0.15) is 0 Å². The molecule has 2 rings (SSSR count). The average molecular weight is 380 g/mol. The van der Waals surface area contributed by atoms with Crippen molar-refractivity contribution in [3.63, 3.8) is 0 Å². The third-order valence-electron chi connectivity index (χ3n) is 3.86. The molecule has 0 heterocycles. The minimum atomic E-state index is -1.24. The van der Waals surface area contributed by atoms with Crippen LogP contribution in [0, 0.1) is 0 Å². The van der Waals surface area contributed by atoms with Crippen LogP contribution in [0.15, 0.2) is 66.7 Å². The minimum Gasteiger partial charge on any atom is -0.480 e. The smallest absolute Gasteiger partial charge is 0.326 e. The first kappa shape index (κ1) is 20.6. The van der Waals surface area contributed by atoms with Crippen molar-refractivity contribution in [3.05, 3.63) is 77.9 Å². The molecule has 2 aromatic carbocycles. The number of benzene rings is 2. The van der Waals surface area contributed by atoms with Crippen molar-refractivity contribution in [2.75, 3.05) is 6.54 Å². The first-order valence-corrected chi connectivity index (χ1v) is 8.56. The van der Waals surface area contributed by atoms with E-state index in [4.69, 9.17) is 0 Å². The Morgan fingerprint density at radius 1 is 1.00 bits per heavy atom. The third kappa shape index (κ3) is 6.21. The summed E-state index contributed by atoms with van der Waals surface area (Å²) in [6.45, 7) is -0.485. The Hall–Kier alpha value is -3.74. The van der Waals surface area contributed by atoms with Gasteiger partial charge in [0.2, 0.25) is 0 Å². The summed E-state index contributed by atoms with van der Waals surface area (Å²) in [5.41, 5.74) is 1.46.